The van der Waals surface area contributed by atoms with Crippen LogP contribution in [0.4, 0.5) is 5.82 Å². The summed E-state index contributed by atoms with van der Waals surface area (Å²) < 4.78 is 0. The maximum Gasteiger partial charge on any atom is 0.127 e. The lowest BCUT2D eigenvalue weighted by Crippen LogP contribution is -2.54. The fourth-order valence-corrected chi connectivity index (χ4v) is 1.65. The van der Waals surface area contributed by atoms with Gasteiger partial charge in [0.25, 0.3) is 0 Å². The Hall–Kier alpha value is -1.17. The van der Waals surface area contributed by atoms with Gasteiger partial charge in [0, 0.05) is 25.8 Å². The fourth-order valence-electron chi connectivity index (χ4n) is 1.65. The standard InChI is InChI=1S/C10H16N4O/c1-15-14-7-6-11-8-10(14)13-9-4-2-3-5-12-9/h2-5,10-11H,6-8H2,1H3,(H,12,13). The van der Waals surface area contributed by atoms with Gasteiger partial charge in [-0.15, -0.1) is 0 Å². The van der Waals surface area contributed by atoms with Crippen molar-refractivity contribution >= 4 is 5.82 Å². The molecule has 2 rings (SSSR count). The van der Waals surface area contributed by atoms with E-state index in [1.807, 2.05) is 23.3 Å². The molecule has 1 atom stereocenters. The van der Waals surface area contributed by atoms with E-state index in [0.29, 0.717) is 0 Å². The van der Waals surface area contributed by atoms with Crippen LogP contribution in [-0.4, -0.2) is 43.0 Å². The molecule has 0 aliphatic carbocycles. The average Bonchev–Trinajstić information content (AvgIpc) is 2.31. The third-order valence-electron chi connectivity index (χ3n) is 2.41. The summed E-state index contributed by atoms with van der Waals surface area (Å²) in [6.45, 7) is 2.68. The summed E-state index contributed by atoms with van der Waals surface area (Å²) in [5.41, 5.74) is 0. The molecule has 1 fully saturated rings. The fraction of sp³-hybridized carbons (Fsp3) is 0.500. The van der Waals surface area contributed by atoms with E-state index in [0.717, 1.165) is 25.5 Å². The number of piperazine rings is 1. The zero-order chi connectivity index (χ0) is 10.5. The van der Waals surface area contributed by atoms with Crippen molar-refractivity contribution in [2.75, 3.05) is 32.1 Å². The second kappa shape index (κ2) is 5.06. The molecule has 0 amide bonds. The van der Waals surface area contributed by atoms with Gasteiger partial charge in [0.1, 0.15) is 12.0 Å². The Balaban J connectivity index is 1.97. The van der Waals surface area contributed by atoms with Crippen molar-refractivity contribution in [3.05, 3.63) is 24.4 Å². The van der Waals surface area contributed by atoms with Crippen LogP contribution in [0.25, 0.3) is 0 Å². The maximum atomic E-state index is 5.28. The van der Waals surface area contributed by atoms with Crippen LogP contribution >= 0.6 is 0 Å². The highest BCUT2D eigenvalue weighted by Gasteiger charge is 2.21. The summed E-state index contributed by atoms with van der Waals surface area (Å²) in [6.07, 6.45) is 1.91. The number of anilines is 1. The highest BCUT2D eigenvalue weighted by molar-refractivity contribution is 5.34. The largest absolute Gasteiger partial charge is 0.352 e. The molecule has 0 radical (unpaired) electrons. The van der Waals surface area contributed by atoms with Crippen LogP contribution < -0.4 is 10.6 Å². The summed E-state index contributed by atoms with van der Waals surface area (Å²) >= 11 is 0. The van der Waals surface area contributed by atoms with Gasteiger partial charge in [-0.3, -0.25) is 0 Å². The molecule has 0 saturated carbocycles. The molecule has 1 aromatic rings. The molecule has 0 spiro atoms. The maximum absolute atomic E-state index is 5.28. The predicted molar refractivity (Wildman–Crippen MR) is 58.2 cm³/mol. The van der Waals surface area contributed by atoms with Gasteiger partial charge in [0.15, 0.2) is 0 Å². The van der Waals surface area contributed by atoms with Crippen molar-refractivity contribution in [1.29, 1.82) is 0 Å². The zero-order valence-corrected chi connectivity index (χ0v) is 8.81. The number of aromatic nitrogens is 1. The normalized spacial score (nSPS) is 22.6. The molecule has 1 saturated heterocycles. The molecule has 1 aliphatic heterocycles. The number of hydroxylamine groups is 2. The molecule has 5 nitrogen and oxygen atoms in total. The van der Waals surface area contributed by atoms with Crippen LogP contribution in [0.1, 0.15) is 0 Å². The van der Waals surface area contributed by atoms with Crippen molar-refractivity contribution in [1.82, 2.24) is 15.4 Å². The lowest BCUT2D eigenvalue weighted by molar-refractivity contribution is -0.162. The lowest BCUT2D eigenvalue weighted by atomic mass is 10.3. The molecule has 5 heteroatoms. The van der Waals surface area contributed by atoms with Crippen LogP contribution in [0.5, 0.6) is 0 Å². The van der Waals surface area contributed by atoms with E-state index in [4.69, 9.17) is 4.84 Å². The van der Waals surface area contributed by atoms with Crippen molar-refractivity contribution in [2.45, 2.75) is 6.17 Å². The monoisotopic (exact) mass is 208 g/mol. The zero-order valence-electron chi connectivity index (χ0n) is 8.81. The van der Waals surface area contributed by atoms with Gasteiger partial charge in [-0.25, -0.2) is 4.98 Å². The Morgan fingerprint density at radius 2 is 2.53 bits per heavy atom. The average molecular weight is 208 g/mol. The van der Waals surface area contributed by atoms with Crippen molar-refractivity contribution in [3.8, 4) is 0 Å². The Bertz CT molecular complexity index is 293. The first-order chi connectivity index (χ1) is 7.40. The minimum Gasteiger partial charge on any atom is -0.352 e. The van der Waals surface area contributed by atoms with E-state index in [9.17, 15) is 0 Å². The smallest absolute Gasteiger partial charge is 0.127 e. The van der Waals surface area contributed by atoms with Crippen LogP contribution in [0.3, 0.4) is 0 Å². The van der Waals surface area contributed by atoms with E-state index in [1.165, 1.54) is 0 Å². The molecule has 1 aliphatic rings. The van der Waals surface area contributed by atoms with Crippen molar-refractivity contribution in [3.63, 3.8) is 0 Å². The number of rotatable bonds is 3. The van der Waals surface area contributed by atoms with Gasteiger partial charge in [0.05, 0.1) is 7.11 Å². The van der Waals surface area contributed by atoms with E-state index < -0.39 is 0 Å². The molecule has 1 unspecified atom stereocenters. The number of hydrogen-bond donors (Lipinski definition) is 2. The third-order valence-corrected chi connectivity index (χ3v) is 2.41. The van der Waals surface area contributed by atoms with Gasteiger partial charge in [0.2, 0.25) is 0 Å². The quantitative estimate of drug-likeness (QED) is 0.747. The van der Waals surface area contributed by atoms with Crippen LogP contribution in [0, 0.1) is 0 Å². The van der Waals surface area contributed by atoms with Gasteiger partial charge >= 0.3 is 0 Å². The Kier molecular flexibility index (Phi) is 3.49. The van der Waals surface area contributed by atoms with Crippen LogP contribution in [-0.2, 0) is 4.84 Å². The first-order valence-electron chi connectivity index (χ1n) is 5.09. The van der Waals surface area contributed by atoms with E-state index in [-0.39, 0.29) is 6.17 Å². The highest BCUT2D eigenvalue weighted by atomic mass is 16.7. The molecule has 2 N–H and O–H groups in total. The number of nitrogens with one attached hydrogen (secondary N) is 2. The van der Waals surface area contributed by atoms with E-state index in [2.05, 4.69) is 15.6 Å². The molecule has 2 heterocycles. The minimum atomic E-state index is 0.138. The van der Waals surface area contributed by atoms with Crippen LogP contribution in [0.15, 0.2) is 24.4 Å². The molecule has 0 bridgehead atoms. The Morgan fingerprint density at radius 1 is 1.60 bits per heavy atom. The van der Waals surface area contributed by atoms with Crippen molar-refractivity contribution < 1.29 is 4.84 Å². The van der Waals surface area contributed by atoms with Crippen molar-refractivity contribution in [2.24, 2.45) is 0 Å². The first-order valence-corrected chi connectivity index (χ1v) is 5.09. The summed E-state index contributed by atoms with van der Waals surface area (Å²) in [4.78, 5) is 9.50. The molecular formula is C10H16N4O. The van der Waals surface area contributed by atoms with Gasteiger partial charge < -0.3 is 15.5 Å². The molecule has 82 valence electrons. The topological polar surface area (TPSA) is 49.4 Å². The van der Waals surface area contributed by atoms with Crippen LogP contribution in [0.2, 0.25) is 0 Å². The number of nitrogens with zero attached hydrogens (tertiary/aromatic N) is 2. The Morgan fingerprint density at radius 3 is 3.27 bits per heavy atom. The first kappa shape index (κ1) is 10.4. The second-order valence-electron chi connectivity index (χ2n) is 3.40. The second-order valence-corrected chi connectivity index (χ2v) is 3.40. The molecule has 0 aromatic carbocycles. The third kappa shape index (κ3) is 2.65. The molecule has 15 heavy (non-hydrogen) atoms. The van der Waals surface area contributed by atoms with Gasteiger partial charge in [-0.05, 0) is 12.1 Å². The summed E-state index contributed by atoms with van der Waals surface area (Å²) in [5, 5.41) is 8.54. The number of pyridine rings is 1. The van der Waals surface area contributed by atoms with E-state index in [1.54, 1.807) is 13.3 Å². The van der Waals surface area contributed by atoms with E-state index >= 15 is 0 Å². The lowest BCUT2D eigenvalue weighted by Gasteiger charge is -2.34. The highest BCUT2D eigenvalue weighted by Crippen LogP contribution is 2.08. The Labute approximate surface area is 89.4 Å². The summed E-state index contributed by atoms with van der Waals surface area (Å²) in [6, 6.07) is 5.81. The van der Waals surface area contributed by atoms with Gasteiger partial charge in [-0.1, -0.05) is 6.07 Å². The minimum absolute atomic E-state index is 0.138. The SMILES string of the molecule is CON1CCNCC1Nc1ccccn1. The summed E-state index contributed by atoms with van der Waals surface area (Å²) in [5.74, 6) is 0.869. The predicted octanol–water partition coefficient (Wildman–Crippen LogP) is 0.286. The summed E-state index contributed by atoms with van der Waals surface area (Å²) in [7, 11) is 1.69. The molecule has 1 aromatic heterocycles. The molecular weight excluding hydrogens is 192 g/mol. The number of hydrogen-bond acceptors (Lipinski definition) is 5. The van der Waals surface area contributed by atoms with Gasteiger partial charge in [-0.2, -0.15) is 5.06 Å².